The van der Waals surface area contributed by atoms with E-state index < -0.39 is 11.5 Å². The fourth-order valence-electron chi connectivity index (χ4n) is 0.373. The molecule has 9 heavy (non-hydrogen) atoms. The van der Waals surface area contributed by atoms with Gasteiger partial charge in [0.2, 0.25) is 0 Å². The van der Waals surface area contributed by atoms with Crippen molar-refractivity contribution in [1.82, 2.24) is 0 Å². The molecule has 0 aromatic rings. The van der Waals surface area contributed by atoms with Crippen LogP contribution in [0.2, 0.25) is 0 Å². The highest BCUT2D eigenvalue weighted by molar-refractivity contribution is 5.59. The molecular weight excluding hydrogens is 116 g/mol. The molecular formula is C7H12O2. The summed E-state index contributed by atoms with van der Waals surface area (Å²) in [5.74, 6) is 0. The van der Waals surface area contributed by atoms with Gasteiger partial charge in [0.1, 0.15) is 6.29 Å². The van der Waals surface area contributed by atoms with Gasteiger partial charge in [0.15, 0.2) is 0 Å². The highest BCUT2D eigenvalue weighted by Gasteiger charge is 2.23. The zero-order chi connectivity index (χ0) is 7.49. The second-order valence-corrected chi connectivity index (χ2v) is 2.62. The molecule has 2 nitrogen and oxygen atoms in total. The summed E-state index contributed by atoms with van der Waals surface area (Å²) in [6.07, 6.45) is 1.34. The molecule has 0 rings (SSSR count). The van der Waals surface area contributed by atoms with Crippen LogP contribution in [-0.2, 0) is 4.79 Å². The predicted molar refractivity (Wildman–Crippen MR) is 36.0 cm³/mol. The van der Waals surface area contributed by atoms with Crippen molar-refractivity contribution < 1.29 is 9.90 Å². The number of carbonyl (C=O) groups is 1. The van der Waals surface area contributed by atoms with E-state index in [1.807, 2.05) is 0 Å². The minimum Gasteiger partial charge on any atom is -0.388 e. The average Bonchev–Trinajstić information content (AvgIpc) is 1.86. The molecule has 0 aliphatic rings. The van der Waals surface area contributed by atoms with Gasteiger partial charge in [0.25, 0.3) is 0 Å². The van der Waals surface area contributed by atoms with Gasteiger partial charge in [0.05, 0.1) is 6.10 Å². The van der Waals surface area contributed by atoms with Crippen LogP contribution in [0.4, 0.5) is 0 Å². The van der Waals surface area contributed by atoms with Gasteiger partial charge >= 0.3 is 0 Å². The molecule has 1 N–H and O–H groups in total. The molecule has 0 amide bonds. The molecule has 52 valence electrons. The zero-order valence-corrected chi connectivity index (χ0v) is 5.79. The Morgan fingerprint density at radius 3 is 2.22 bits per heavy atom. The summed E-state index contributed by atoms with van der Waals surface area (Å²) in [6, 6.07) is 0. The molecule has 0 unspecified atom stereocenters. The molecule has 0 aliphatic carbocycles. The Hall–Kier alpha value is -0.630. The molecule has 0 heterocycles. The molecule has 0 radical (unpaired) electrons. The average molecular weight is 128 g/mol. The van der Waals surface area contributed by atoms with Crippen molar-refractivity contribution in [3.63, 3.8) is 0 Å². The summed E-state index contributed by atoms with van der Waals surface area (Å²) in [5.41, 5.74) is -0.693. The van der Waals surface area contributed by atoms with E-state index in [1.165, 1.54) is 6.08 Å². The number of hydrogen-bond acceptors (Lipinski definition) is 2. The van der Waals surface area contributed by atoms with Crippen LogP contribution < -0.4 is 0 Å². The van der Waals surface area contributed by atoms with Gasteiger partial charge in [-0.2, -0.15) is 0 Å². The Balaban J connectivity index is 4.11. The fraction of sp³-hybridized carbons (Fsp3) is 0.571. The van der Waals surface area contributed by atoms with Crippen LogP contribution in [-0.4, -0.2) is 17.5 Å². The number of rotatable bonds is 3. The maximum atomic E-state index is 10.2. The number of aldehydes is 1. The second kappa shape index (κ2) is 2.78. The summed E-state index contributed by atoms with van der Waals surface area (Å²) in [5, 5.41) is 9.04. The summed E-state index contributed by atoms with van der Waals surface area (Å²) < 4.78 is 0. The number of carbonyl (C=O) groups excluding carboxylic acids is 1. The number of aliphatic hydroxyl groups excluding tert-OH is 1. The normalized spacial score (nSPS) is 14.6. The fourth-order valence-corrected chi connectivity index (χ4v) is 0.373. The molecule has 0 bridgehead atoms. The summed E-state index contributed by atoms with van der Waals surface area (Å²) in [7, 11) is 0. The lowest BCUT2D eigenvalue weighted by molar-refractivity contribution is -0.118. The summed E-state index contributed by atoms with van der Waals surface area (Å²) >= 11 is 0. The Morgan fingerprint density at radius 2 is 2.11 bits per heavy atom. The molecule has 0 fully saturated rings. The first-order valence-corrected chi connectivity index (χ1v) is 2.81. The van der Waals surface area contributed by atoms with Crippen LogP contribution >= 0.6 is 0 Å². The van der Waals surface area contributed by atoms with E-state index in [-0.39, 0.29) is 0 Å². The van der Waals surface area contributed by atoms with Gasteiger partial charge in [-0.3, -0.25) is 0 Å². The number of hydrogen-bond donors (Lipinski definition) is 1. The van der Waals surface area contributed by atoms with E-state index in [0.717, 1.165) is 6.29 Å². The lowest BCUT2D eigenvalue weighted by Crippen LogP contribution is -2.28. The smallest absolute Gasteiger partial charge is 0.128 e. The lowest BCUT2D eigenvalue weighted by Gasteiger charge is -2.20. The standard InChI is InChI=1S/C7H12O2/c1-4-6(9)7(2,3)5-8/h4-6,9H,1H2,2-3H3/t6-/m0/s1. The largest absolute Gasteiger partial charge is 0.388 e. The molecule has 1 atom stereocenters. The van der Waals surface area contributed by atoms with Crippen molar-refractivity contribution in [3.8, 4) is 0 Å². The van der Waals surface area contributed by atoms with Crippen LogP contribution in [0.15, 0.2) is 12.7 Å². The van der Waals surface area contributed by atoms with Crippen LogP contribution in [0.3, 0.4) is 0 Å². The molecule has 0 spiro atoms. The van der Waals surface area contributed by atoms with Crippen LogP contribution in [0.1, 0.15) is 13.8 Å². The summed E-state index contributed by atoms with van der Waals surface area (Å²) in [4.78, 5) is 10.2. The highest BCUT2D eigenvalue weighted by atomic mass is 16.3. The second-order valence-electron chi connectivity index (χ2n) is 2.62. The maximum absolute atomic E-state index is 10.2. The Morgan fingerprint density at radius 1 is 1.67 bits per heavy atom. The van der Waals surface area contributed by atoms with E-state index in [4.69, 9.17) is 5.11 Å². The Kier molecular flexibility index (Phi) is 2.59. The van der Waals surface area contributed by atoms with Gasteiger partial charge in [-0.15, -0.1) is 6.58 Å². The van der Waals surface area contributed by atoms with E-state index in [0.29, 0.717) is 0 Å². The van der Waals surface area contributed by atoms with Gasteiger partial charge < -0.3 is 9.90 Å². The van der Waals surface area contributed by atoms with Crippen LogP contribution in [0, 0.1) is 5.41 Å². The van der Waals surface area contributed by atoms with Gasteiger partial charge in [-0.05, 0) is 0 Å². The van der Waals surface area contributed by atoms with Crippen molar-refractivity contribution >= 4 is 6.29 Å². The number of aliphatic hydroxyl groups is 1. The lowest BCUT2D eigenvalue weighted by atomic mass is 9.89. The first kappa shape index (κ1) is 8.37. The van der Waals surface area contributed by atoms with Gasteiger partial charge in [-0.1, -0.05) is 19.9 Å². The molecule has 0 aromatic heterocycles. The van der Waals surface area contributed by atoms with E-state index >= 15 is 0 Å². The highest BCUT2D eigenvalue weighted by Crippen LogP contribution is 2.16. The van der Waals surface area contributed by atoms with E-state index in [1.54, 1.807) is 13.8 Å². The molecule has 0 aliphatic heterocycles. The van der Waals surface area contributed by atoms with Crippen LogP contribution in [0.5, 0.6) is 0 Å². The quantitative estimate of drug-likeness (QED) is 0.450. The monoisotopic (exact) mass is 128 g/mol. The minimum atomic E-state index is -0.741. The first-order chi connectivity index (χ1) is 4.04. The van der Waals surface area contributed by atoms with Crippen LogP contribution in [0.25, 0.3) is 0 Å². The van der Waals surface area contributed by atoms with Crippen molar-refractivity contribution in [2.45, 2.75) is 20.0 Å². The molecule has 0 aromatic carbocycles. The third-order valence-corrected chi connectivity index (χ3v) is 1.29. The van der Waals surface area contributed by atoms with Crippen molar-refractivity contribution in [3.05, 3.63) is 12.7 Å². The molecule has 0 saturated carbocycles. The first-order valence-electron chi connectivity index (χ1n) is 2.81. The summed E-state index contributed by atoms with van der Waals surface area (Å²) in [6.45, 7) is 6.68. The third-order valence-electron chi connectivity index (χ3n) is 1.29. The Bertz CT molecular complexity index is 116. The van der Waals surface area contributed by atoms with Gasteiger partial charge in [0, 0.05) is 5.41 Å². The van der Waals surface area contributed by atoms with Crippen molar-refractivity contribution in [2.75, 3.05) is 0 Å². The molecule has 0 saturated heterocycles. The van der Waals surface area contributed by atoms with E-state index in [9.17, 15) is 4.79 Å². The predicted octanol–water partition coefficient (Wildman–Crippen LogP) is 0.758. The van der Waals surface area contributed by atoms with Crippen molar-refractivity contribution in [2.24, 2.45) is 5.41 Å². The Labute approximate surface area is 55.2 Å². The third kappa shape index (κ3) is 1.98. The minimum absolute atomic E-state index is 0.693. The topological polar surface area (TPSA) is 37.3 Å². The maximum Gasteiger partial charge on any atom is 0.128 e. The van der Waals surface area contributed by atoms with Crippen molar-refractivity contribution in [1.29, 1.82) is 0 Å². The SMILES string of the molecule is C=C[C@H](O)C(C)(C)C=O. The molecule has 2 heteroatoms. The van der Waals surface area contributed by atoms with Gasteiger partial charge in [-0.25, -0.2) is 0 Å². The van der Waals surface area contributed by atoms with E-state index in [2.05, 4.69) is 6.58 Å². The zero-order valence-electron chi connectivity index (χ0n) is 5.79.